The van der Waals surface area contributed by atoms with Crippen molar-refractivity contribution in [2.75, 3.05) is 0 Å². The number of carboxylic acids is 1. The van der Waals surface area contributed by atoms with Crippen molar-refractivity contribution in [2.24, 2.45) is 0 Å². The monoisotopic (exact) mass is 274 g/mol. The van der Waals surface area contributed by atoms with Crippen molar-refractivity contribution in [3.05, 3.63) is 53.0 Å². The number of hydrogen-bond acceptors (Lipinski definition) is 3. The lowest BCUT2D eigenvalue weighted by molar-refractivity contribution is 0.0661. The molecule has 0 amide bonds. The third-order valence-electron chi connectivity index (χ3n) is 3.15. The average Bonchev–Trinajstić information content (AvgIpc) is 2.78. The van der Waals surface area contributed by atoms with E-state index in [-0.39, 0.29) is 5.76 Å². The van der Waals surface area contributed by atoms with Crippen LogP contribution in [0.3, 0.4) is 0 Å². The van der Waals surface area contributed by atoms with Crippen molar-refractivity contribution in [3.8, 4) is 5.75 Å². The minimum absolute atomic E-state index is 0.0583. The van der Waals surface area contributed by atoms with Gasteiger partial charge in [-0.1, -0.05) is 26.0 Å². The zero-order valence-electron chi connectivity index (χ0n) is 11.8. The van der Waals surface area contributed by atoms with Gasteiger partial charge in [-0.2, -0.15) is 0 Å². The molecular weight excluding hydrogens is 256 g/mol. The molecule has 2 aromatic rings. The van der Waals surface area contributed by atoms with E-state index in [1.54, 1.807) is 6.92 Å². The van der Waals surface area contributed by atoms with Crippen molar-refractivity contribution in [1.29, 1.82) is 0 Å². The van der Waals surface area contributed by atoms with Gasteiger partial charge in [0.2, 0.25) is 5.76 Å². The van der Waals surface area contributed by atoms with Gasteiger partial charge < -0.3 is 14.3 Å². The van der Waals surface area contributed by atoms with Crippen LogP contribution in [0.1, 0.15) is 47.2 Å². The van der Waals surface area contributed by atoms with Crippen molar-refractivity contribution >= 4 is 5.97 Å². The zero-order chi connectivity index (χ0) is 14.7. The molecule has 1 heterocycles. The van der Waals surface area contributed by atoms with Gasteiger partial charge in [0.05, 0.1) is 0 Å². The summed E-state index contributed by atoms with van der Waals surface area (Å²) in [5.74, 6) is 0.655. The first-order chi connectivity index (χ1) is 9.47. The summed E-state index contributed by atoms with van der Waals surface area (Å²) in [6.07, 6.45) is 0. The molecule has 0 radical (unpaired) electrons. The molecule has 0 aliphatic heterocycles. The van der Waals surface area contributed by atoms with Crippen LogP contribution in [0.5, 0.6) is 5.75 Å². The predicted octanol–water partition coefficient (Wildman–Crippen LogP) is 3.99. The molecule has 0 saturated carbocycles. The quantitative estimate of drug-likeness (QED) is 0.895. The topological polar surface area (TPSA) is 59.7 Å². The van der Waals surface area contributed by atoms with Crippen LogP contribution in [0, 0.1) is 6.92 Å². The first-order valence-corrected chi connectivity index (χ1v) is 6.52. The zero-order valence-corrected chi connectivity index (χ0v) is 11.8. The molecule has 4 nitrogen and oxygen atoms in total. The number of aromatic carboxylic acids is 1. The number of rotatable bonds is 5. The summed E-state index contributed by atoms with van der Waals surface area (Å²) in [6, 6.07) is 9.40. The van der Waals surface area contributed by atoms with Gasteiger partial charge in [0.1, 0.15) is 18.1 Å². The van der Waals surface area contributed by atoms with Crippen LogP contribution >= 0.6 is 0 Å². The maximum Gasteiger partial charge on any atom is 0.371 e. The Balaban J connectivity index is 2.09. The highest BCUT2D eigenvalue weighted by Crippen LogP contribution is 2.22. The van der Waals surface area contributed by atoms with Gasteiger partial charge in [-0.15, -0.1) is 0 Å². The lowest BCUT2D eigenvalue weighted by Crippen LogP contribution is -1.97. The summed E-state index contributed by atoms with van der Waals surface area (Å²) in [7, 11) is 0. The summed E-state index contributed by atoms with van der Waals surface area (Å²) < 4.78 is 10.9. The van der Waals surface area contributed by atoms with E-state index in [1.165, 1.54) is 11.6 Å². The largest absolute Gasteiger partial charge is 0.489 e. The predicted molar refractivity (Wildman–Crippen MR) is 75.3 cm³/mol. The van der Waals surface area contributed by atoms with E-state index >= 15 is 0 Å². The first-order valence-electron chi connectivity index (χ1n) is 6.52. The molecule has 0 atom stereocenters. The van der Waals surface area contributed by atoms with E-state index in [1.807, 2.05) is 18.2 Å². The van der Waals surface area contributed by atoms with Crippen LogP contribution in [0.15, 0.2) is 34.7 Å². The number of hydrogen-bond donors (Lipinski definition) is 1. The fraction of sp³-hybridized carbons (Fsp3) is 0.312. The Hall–Kier alpha value is -2.23. The SMILES string of the molecule is Cc1oc(C(=O)O)cc1COc1cccc(C(C)C)c1. The van der Waals surface area contributed by atoms with E-state index in [2.05, 4.69) is 19.9 Å². The molecule has 4 heteroatoms. The molecule has 0 fully saturated rings. The summed E-state index contributed by atoms with van der Waals surface area (Å²) in [6.45, 7) is 6.27. The maximum absolute atomic E-state index is 10.8. The van der Waals surface area contributed by atoms with Gasteiger partial charge in [-0.3, -0.25) is 0 Å². The summed E-state index contributed by atoms with van der Waals surface area (Å²) in [5.41, 5.74) is 1.95. The van der Waals surface area contributed by atoms with Gasteiger partial charge in [0, 0.05) is 5.56 Å². The Bertz CT molecular complexity index is 611. The molecule has 0 spiro atoms. The van der Waals surface area contributed by atoms with E-state index < -0.39 is 5.97 Å². The molecular formula is C16H18O4. The van der Waals surface area contributed by atoms with E-state index in [0.717, 1.165) is 11.3 Å². The lowest BCUT2D eigenvalue weighted by atomic mass is 10.0. The molecule has 2 rings (SSSR count). The number of benzene rings is 1. The van der Waals surface area contributed by atoms with Gasteiger partial charge in [-0.05, 0) is 36.6 Å². The highest BCUT2D eigenvalue weighted by molar-refractivity contribution is 5.84. The maximum atomic E-state index is 10.8. The average molecular weight is 274 g/mol. The van der Waals surface area contributed by atoms with E-state index in [9.17, 15) is 4.79 Å². The number of furan rings is 1. The summed E-state index contributed by atoms with van der Waals surface area (Å²) in [4.78, 5) is 10.8. The Morgan fingerprint density at radius 2 is 2.10 bits per heavy atom. The van der Waals surface area contributed by atoms with Crippen molar-refractivity contribution in [3.63, 3.8) is 0 Å². The third-order valence-corrected chi connectivity index (χ3v) is 3.15. The summed E-state index contributed by atoms with van der Waals surface area (Å²) >= 11 is 0. The molecule has 1 N–H and O–H groups in total. The van der Waals surface area contributed by atoms with E-state index in [0.29, 0.717) is 18.3 Å². The van der Waals surface area contributed by atoms with Gasteiger partial charge in [-0.25, -0.2) is 4.79 Å². The minimum Gasteiger partial charge on any atom is -0.489 e. The Kier molecular flexibility index (Phi) is 4.13. The second-order valence-corrected chi connectivity index (χ2v) is 5.01. The van der Waals surface area contributed by atoms with Crippen LogP contribution < -0.4 is 4.74 Å². The highest BCUT2D eigenvalue weighted by Gasteiger charge is 2.13. The van der Waals surface area contributed by atoms with Crippen molar-refractivity contribution in [2.45, 2.75) is 33.3 Å². The van der Waals surface area contributed by atoms with Crippen LogP contribution in [-0.4, -0.2) is 11.1 Å². The number of carboxylic acid groups (broad SMARTS) is 1. The van der Waals surface area contributed by atoms with Gasteiger partial charge >= 0.3 is 5.97 Å². The standard InChI is InChI=1S/C16H18O4/c1-10(2)12-5-4-6-14(7-12)19-9-13-8-15(16(17)18)20-11(13)3/h4-8,10H,9H2,1-3H3,(H,17,18). The molecule has 1 aromatic carbocycles. The molecule has 0 unspecified atom stereocenters. The van der Waals surface area contributed by atoms with Crippen LogP contribution in [-0.2, 0) is 6.61 Å². The second-order valence-electron chi connectivity index (χ2n) is 5.01. The Morgan fingerprint density at radius 1 is 1.35 bits per heavy atom. The molecule has 0 aliphatic rings. The minimum atomic E-state index is -1.07. The van der Waals surface area contributed by atoms with Crippen LogP contribution in [0.2, 0.25) is 0 Å². The van der Waals surface area contributed by atoms with Crippen molar-refractivity contribution in [1.82, 2.24) is 0 Å². The number of carbonyl (C=O) groups is 1. The first kappa shape index (κ1) is 14.2. The summed E-state index contributed by atoms with van der Waals surface area (Å²) in [5, 5.41) is 8.87. The van der Waals surface area contributed by atoms with Crippen LogP contribution in [0.4, 0.5) is 0 Å². The fourth-order valence-corrected chi connectivity index (χ4v) is 1.89. The highest BCUT2D eigenvalue weighted by atomic mass is 16.5. The molecule has 0 aliphatic carbocycles. The molecule has 0 saturated heterocycles. The lowest BCUT2D eigenvalue weighted by Gasteiger charge is -2.09. The van der Waals surface area contributed by atoms with Gasteiger partial charge in [0.15, 0.2) is 0 Å². The van der Waals surface area contributed by atoms with Crippen LogP contribution in [0.25, 0.3) is 0 Å². The third kappa shape index (κ3) is 3.20. The molecule has 106 valence electrons. The normalized spacial score (nSPS) is 10.8. The fourth-order valence-electron chi connectivity index (χ4n) is 1.89. The van der Waals surface area contributed by atoms with E-state index in [4.69, 9.17) is 14.3 Å². The number of aryl methyl sites for hydroxylation is 1. The molecule has 0 bridgehead atoms. The Labute approximate surface area is 118 Å². The van der Waals surface area contributed by atoms with Gasteiger partial charge in [0.25, 0.3) is 0 Å². The smallest absolute Gasteiger partial charge is 0.371 e. The second kappa shape index (κ2) is 5.82. The van der Waals surface area contributed by atoms with Crippen molar-refractivity contribution < 1.29 is 19.1 Å². The molecule has 20 heavy (non-hydrogen) atoms. The Morgan fingerprint density at radius 3 is 2.70 bits per heavy atom. The number of ether oxygens (including phenoxy) is 1. The molecule has 1 aromatic heterocycles.